The van der Waals surface area contributed by atoms with Crippen molar-refractivity contribution < 1.29 is 15.0 Å². The first-order valence-electron chi connectivity index (χ1n) is 28.2. The predicted molar refractivity (Wildman–Crippen MR) is 267 cm³/mol. The van der Waals surface area contributed by atoms with Gasteiger partial charge in [0.1, 0.15) is 0 Å². The number of aliphatic hydroxyl groups excluding tert-OH is 2. The number of unbranched alkanes of at least 4 members (excludes halogenated alkanes) is 46. The lowest BCUT2D eigenvalue weighted by Gasteiger charge is -2.22. The Bertz CT molecular complexity index is 788. The van der Waals surface area contributed by atoms with E-state index >= 15 is 0 Å². The summed E-state index contributed by atoms with van der Waals surface area (Å²) in [6, 6.07) is -0.531. The second-order valence-corrected chi connectivity index (χ2v) is 19.7. The van der Waals surface area contributed by atoms with Gasteiger partial charge in [-0.3, -0.25) is 4.79 Å². The SMILES string of the molecule is CCCCCCCCCCCCCCCCCCCCCCCCCCCCCCCCC(=O)NC(CO)C(O)CCCCCCCCCCCCCCCCCCCC. The number of carbonyl (C=O) groups excluding carboxylic acids is 1. The van der Waals surface area contributed by atoms with Gasteiger partial charge in [0, 0.05) is 6.42 Å². The van der Waals surface area contributed by atoms with Crippen molar-refractivity contribution in [2.45, 2.75) is 347 Å². The summed E-state index contributed by atoms with van der Waals surface area (Å²) in [6.07, 6.45) is 66.7. The minimum Gasteiger partial charge on any atom is -0.394 e. The molecular weight excluding hydrogens is 735 g/mol. The van der Waals surface area contributed by atoms with Gasteiger partial charge in [0.25, 0.3) is 0 Å². The van der Waals surface area contributed by atoms with Gasteiger partial charge in [-0.15, -0.1) is 0 Å². The van der Waals surface area contributed by atoms with Crippen LogP contribution in [0.25, 0.3) is 0 Å². The Kier molecular flexibility index (Phi) is 52.2. The van der Waals surface area contributed by atoms with Crippen LogP contribution in [0.3, 0.4) is 0 Å². The highest BCUT2D eigenvalue weighted by Crippen LogP contribution is 2.18. The van der Waals surface area contributed by atoms with Crippen molar-refractivity contribution in [2.75, 3.05) is 6.61 Å². The van der Waals surface area contributed by atoms with Crippen LogP contribution in [0.5, 0.6) is 0 Å². The monoisotopic (exact) mass is 848 g/mol. The molecule has 0 spiro atoms. The molecule has 0 radical (unpaired) electrons. The van der Waals surface area contributed by atoms with Crippen molar-refractivity contribution in [2.24, 2.45) is 0 Å². The molecule has 0 aliphatic heterocycles. The number of hydrogen-bond donors (Lipinski definition) is 3. The molecule has 2 unspecified atom stereocenters. The average molecular weight is 849 g/mol. The van der Waals surface area contributed by atoms with E-state index in [4.69, 9.17) is 0 Å². The van der Waals surface area contributed by atoms with Crippen LogP contribution in [-0.2, 0) is 4.79 Å². The largest absolute Gasteiger partial charge is 0.394 e. The Balaban J connectivity index is 3.38. The van der Waals surface area contributed by atoms with Gasteiger partial charge in [-0.1, -0.05) is 316 Å². The maximum atomic E-state index is 12.5. The summed E-state index contributed by atoms with van der Waals surface area (Å²) in [4.78, 5) is 12.5. The maximum absolute atomic E-state index is 12.5. The summed E-state index contributed by atoms with van der Waals surface area (Å²) in [5, 5.41) is 23.3. The molecule has 0 saturated heterocycles. The first-order chi connectivity index (χ1) is 29.7. The number of rotatable bonds is 53. The van der Waals surface area contributed by atoms with Crippen LogP contribution in [0.15, 0.2) is 0 Å². The summed E-state index contributed by atoms with van der Waals surface area (Å²) in [5.41, 5.74) is 0. The zero-order valence-electron chi connectivity index (χ0n) is 41.5. The molecule has 360 valence electrons. The molecule has 3 N–H and O–H groups in total. The van der Waals surface area contributed by atoms with E-state index in [1.54, 1.807) is 0 Å². The van der Waals surface area contributed by atoms with Crippen molar-refractivity contribution in [1.82, 2.24) is 5.32 Å². The van der Waals surface area contributed by atoms with E-state index in [1.807, 2.05) is 0 Å². The first-order valence-corrected chi connectivity index (χ1v) is 28.2. The van der Waals surface area contributed by atoms with E-state index in [1.165, 1.54) is 283 Å². The number of hydrogen-bond acceptors (Lipinski definition) is 3. The standard InChI is InChI=1S/C56H113NO3/c1-3-5-7-9-11-13-15-17-19-21-23-24-25-26-27-28-29-30-31-32-33-34-36-38-40-42-44-46-48-50-52-56(60)57-54(53-58)55(59)51-49-47-45-43-41-39-37-35-22-20-18-16-14-12-10-8-6-4-2/h54-55,58-59H,3-53H2,1-2H3,(H,57,60). The smallest absolute Gasteiger partial charge is 0.220 e. The lowest BCUT2D eigenvalue weighted by molar-refractivity contribution is -0.123. The van der Waals surface area contributed by atoms with Crippen LogP contribution in [0.1, 0.15) is 335 Å². The Labute approximate surface area is 378 Å². The average Bonchev–Trinajstić information content (AvgIpc) is 3.25. The molecule has 0 aromatic rings. The van der Waals surface area contributed by atoms with Crippen molar-refractivity contribution in [1.29, 1.82) is 0 Å². The molecule has 0 aromatic heterocycles. The van der Waals surface area contributed by atoms with Crippen LogP contribution >= 0.6 is 0 Å². The van der Waals surface area contributed by atoms with Crippen LogP contribution in [0.2, 0.25) is 0 Å². The number of aliphatic hydroxyl groups is 2. The number of carbonyl (C=O) groups is 1. The summed E-state index contributed by atoms with van der Waals surface area (Å²) >= 11 is 0. The lowest BCUT2D eigenvalue weighted by atomic mass is 10.0. The second-order valence-electron chi connectivity index (χ2n) is 19.7. The van der Waals surface area contributed by atoms with Crippen molar-refractivity contribution in [3.05, 3.63) is 0 Å². The molecule has 0 saturated carbocycles. The molecule has 0 aliphatic rings. The van der Waals surface area contributed by atoms with E-state index in [-0.39, 0.29) is 12.5 Å². The van der Waals surface area contributed by atoms with Gasteiger partial charge in [-0.2, -0.15) is 0 Å². The summed E-state index contributed by atoms with van der Waals surface area (Å²) < 4.78 is 0. The molecule has 0 rings (SSSR count). The molecule has 0 heterocycles. The lowest BCUT2D eigenvalue weighted by Crippen LogP contribution is -2.45. The quantitative estimate of drug-likeness (QED) is 0.0534. The predicted octanol–water partition coefficient (Wildman–Crippen LogP) is 18.4. The van der Waals surface area contributed by atoms with Gasteiger partial charge >= 0.3 is 0 Å². The van der Waals surface area contributed by atoms with Crippen molar-refractivity contribution in [3.8, 4) is 0 Å². The van der Waals surface area contributed by atoms with E-state index in [0.717, 1.165) is 25.7 Å². The van der Waals surface area contributed by atoms with Gasteiger partial charge in [-0.05, 0) is 12.8 Å². The minimum absolute atomic E-state index is 0.0221. The van der Waals surface area contributed by atoms with Gasteiger partial charge in [0.05, 0.1) is 18.8 Å². The first kappa shape index (κ1) is 59.4. The molecule has 0 aliphatic carbocycles. The third-order valence-corrected chi connectivity index (χ3v) is 13.6. The van der Waals surface area contributed by atoms with Gasteiger partial charge in [0.15, 0.2) is 0 Å². The molecule has 1 amide bonds. The summed E-state index contributed by atoms with van der Waals surface area (Å²) in [6.45, 7) is 4.40. The molecule has 0 fully saturated rings. The third kappa shape index (κ3) is 48.4. The van der Waals surface area contributed by atoms with Crippen molar-refractivity contribution in [3.63, 3.8) is 0 Å². The number of nitrogens with one attached hydrogen (secondary N) is 1. The zero-order valence-corrected chi connectivity index (χ0v) is 41.5. The van der Waals surface area contributed by atoms with Gasteiger partial charge in [0.2, 0.25) is 5.91 Å². The maximum Gasteiger partial charge on any atom is 0.220 e. The normalized spacial score (nSPS) is 12.7. The molecular formula is C56H113NO3. The molecule has 0 aromatic carbocycles. The van der Waals surface area contributed by atoms with Crippen molar-refractivity contribution >= 4 is 5.91 Å². The topological polar surface area (TPSA) is 69.6 Å². The molecule has 60 heavy (non-hydrogen) atoms. The van der Waals surface area contributed by atoms with Gasteiger partial charge < -0.3 is 15.5 Å². The third-order valence-electron chi connectivity index (χ3n) is 13.6. The minimum atomic E-state index is -0.654. The highest BCUT2D eigenvalue weighted by atomic mass is 16.3. The summed E-state index contributed by atoms with van der Waals surface area (Å²) in [7, 11) is 0. The second kappa shape index (κ2) is 52.7. The Morgan fingerprint density at radius 2 is 0.533 bits per heavy atom. The van der Waals surface area contributed by atoms with E-state index in [9.17, 15) is 15.0 Å². The molecule has 4 nitrogen and oxygen atoms in total. The highest BCUT2D eigenvalue weighted by molar-refractivity contribution is 5.76. The molecule has 0 bridgehead atoms. The highest BCUT2D eigenvalue weighted by Gasteiger charge is 2.20. The van der Waals surface area contributed by atoms with Crippen LogP contribution in [-0.4, -0.2) is 34.9 Å². The van der Waals surface area contributed by atoms with Crippen LogP contribution < -0.4 is 5.32 Å². The Morgan fingerprint density at radius 1 is 0.333 bits per heavy atom. The fraction of sp³-hybridized carbons (Fsp3) is 0.982. The molecule has 4 heteroatoms. The van der Waals surface area contributed by atoms with E-state index in [0.29, 0.717) is 12.8 Å². The fourth-order valence-electron chi connectivity index (χ4n) is 9.31. The Hall–Kier alpha value is -0.610. The fourth-order valence-corrected chi connectivity index (χ4v) is 9.31. The number of amides is 1. The van der Waals surface area contributed by atoms with Crippen LogP contribution in [0.4, 0.5) is 0 Å². The van der Waals surface area contributed by atoms with E-state index in [2.05, 4.69) is 19.2 Å². The van der Waals surface area contributed by atoms with E-state index < -0.39 is 12.1 Å². The summed E-state index contributed by atoms with van der Waals surface area (Å²) in [5.74, 6) is -0.0221. The molecule has 2 atom stereocenters. The van der Waals surface area contributed by atoms with Gasteiger partial charge in [-0.25, -0.2) is 0 Å². The zero-order chi connectivity index (χ0) is 43.5. The van der Waals surface area contributed by atoms with Crippen LogP contribution in [0, 0.1) is 0 Å². The Morgan fingerprint density at radius 3 is 0.750 bits per heavy atom.